The Hall–Kier alpha value is 0.879. The molecule has 0 aromatic heterocycles. The average molecular weight is 310 g/mol. The molecule has 0 fully saturated rings. The minimum Gasteiger partial charge on any atom is -0.870 e. The van der Waals surface area contributed by atoms with E-state index < -0.39 is 6.16 Å². The topological polar surface area (TPSA) is 93.2 Å². The molecule has 0 heterocycles. The summed E-state index contributed by atoms with van der Waals surface area (Å²) >= 11 is 0. The second-order valence-corrected chi connectivity index (χ2v) is 0.250. The van der Waals surface area contributed by atoms with E-state index in [9.17, 15) is 0 Å². The maximum atomic E-state index is 8.33. The average Bonchev–Trinajstić information content (AvgIpc) is 0.811. The first kappa shape index (κ1) is 24.8. The van der Waals surface area contributed by atoms with Gasteiger partial charge in [-0.3, -0.25) is 0 Å². The van der Waals surface area contributed by atoms with Crippen molar-refractivity contribution in [3.05, 3.63) is 0 Å². The summed E-state index contributed by atoms with van der Waals surface area (Å²) in [5.74, 6) is 0. The van der Waals surface area contributed by atoms with E-state index in [-0.39, 0.29) is 54.7 Å². The minimum atomic E-state index is -2.33. The molecule has 0 spiro atoms. The van der Waals surface area contributed by atoms with Crippen molar-refractivity contribution in [2.75, 3.05) is 0 Å². The van der Waals surface area contributed by atoms with Crippen LogP contribution in [-0.2, 0) is 0 Å². The van der Waals surface area contributed by atoms with Crippen molar-refractivity contribution in [3.63, 3.8) is 0 Å². The number of carboxylic acid groups (broad SMARTS) is 2. The maximum Gasteiger partial charge on any atom is 3.00 e. The summed E-state index contributed by atoms with van der Waals surface area (Å²) in [7, 11) is 0. The monoisotopic (exact) mass is 310 g/mol. The van der Waals surface area contributed by atoms with Gasteiger partial charge in [-0.15, -0.1) is 0 Å². The van der Waals surface area contributed by atoms with E-state index in [1.165, 1.54) is 0 Å². The van der Waals surface area contributed by atoms with Gasteiger partial charge in [-0.2, -0.15) is 0 Å². The molecule has 0 aliphatic heterocycles. The molecule has 0 aromatic rings. The van der Waals surface area contributed by atoms with Crippen LogP contribution in [0.5, 0.6) is 0 Å². The number of carbonyl (C=O) groups is 1. The predicted molar refractivity (Wildman–Crippen MR) is 18.8 cm³/mol. The third kappa shape index (κ3) is 212. The molecule has 0 rings (SSSR count). The van der Waals surface area contributed by atoms with Gasteiger partial charge in [0.25, 0.3) is 0 Å². The third-order valence-corrected chi connectivity index (χ3v) is 0. The first-order chi connectivity index (χ1) is 1.73. The fourth-order valence-electron chi connectivity index (χ4n) is 0. The van der Waals surface area contributed by atoms with Gasteiger partial charge in [0, 0.05) is 0 Å². The Morgan fingerprint density at radius 1 is 1.29 bits per heavy atom. The van der Waals surface area contributed by atoms with Gasteiger partial charge in [0.15, 0.2) is 0 Å². The van der Waals surface area contributed by atoms with Gasteiger partial charge in [0.05, 0.1) is 0 Å². The van der Waals surface area contributed by atoms with Gasteiger partial charge in [-0.1, -0.05) is 0 Å². The molecule has 34 valence electrons. The van der Waals surface area contributed by atoms with Gasteiger partial charge in [0.2, 0.25) is 0 Å². The molecule has 0 saturated heterocycles. The molecule has 0 bridgehead atoms. The molecule has 4 nitrogen and oxygen atoms in total. The van der Waals surface area contributed by atoms with Crippen molar-refractivity contribution in [1.82, 2.24) is 0 Å². The predicted octanol–water partition coefficient (Wildman–Crippen LogP) is -3.39. The first-order valence-electron chi connectivity index (χ1n) is 0.612. The van der Waals surface area contributed by atoms with Crippen molar-refractivity contribution in [3.8, 4) is 0 Å². The SMILES string of the molecule is O=C([O-])[O-].[Bi+3].[Mg+2].[OH-]. The van der Waals surface area contributed by atoms with E-state index in [1.807, 2.05) is 0 Å². The van der Waals surface area contributed by atoms with Crippen LogP contribution < -0.4 is 10.2 Å². The van der Waals surface area contributed by atoms with Crippen LogP contribution in [0, 0.1) is 0 Å². The molecule has 0 aliphatic carbocycles. The summed E-state index contributed by atoms with van der Waals surface area (Å²) in [4.78, 5) is 8.33. The van der Waals surface area contributed by atoms with Crippen LogP contribution in [0.1, 0.15) is 0 Å². The van der Waals surface area contributed by atoms with Crippen LogP contribution in [0.25, 0.3) is 0 Å². The second-order valence-electron chi connectivity index (χ2n) is 0.250. The van der Waals surface area contributed by atoms with Crippen LogP contribution in [0.2, 0.25) is 0 Å². The van der Waals surface area contributed by atoms with E-state index >= 15 is 0 Å². The van der Waals surface area contributed by atoms with Crippen molar-refractivity contribution in [2.45, 2.75) is 0 Å². The maximum absolute atomic E-state index is 8.33. The quantitative estimate of drug-likeness (QED) is 0.436. The number of carbonyl (C=O) groups excluding carboxylic acids is 1. The molecule has 0 aliphatic rings. The minimum absolute atomic E-state index is 0. The Balaban J connectivity index is -0.0000000150. The van der Waals surface area contributed by atoms with Crippen molar-refractivity contribution < 1.29 is 20.5 Å². The van der Waals surface area contributed by atoms with Crippen molar-refractivity contribution >= 4 is 55.4 Å². The molecule has 0 unspecified atom stereocenters. The summed E-state index contributed by atoms with van der Waals surface area (Å²) in [5.41, 5.74) is 0. The van der Waals surface area contributed by atoms with Crippen molar-refractivity contribution in [2.24, 2.45) is 0 Å². The molecular weight excluding hydrogens is 309 g/mol. The third-order valence-electron chi connectivity index (χ3n) is 0. The largest absolute Gasteiger partial charge is 3.00 e. The fourth-order valence-corrected chi connectivity index (χ4v) is 0. The van der Waals surface area contributed by atoms with Crippen LogP contribution in [0.15, 0.2) is 0 Å². The Labute approximate surface area is 75.5 Å². The van der Waals surface area contributed by atoms with E-state index in [0.717, 1.165) is 0 Å². The Morgan fingerprint density at radius 3 is 1.29 bits per heavy atom. The van der Waals surface area contributed by atoms with Gasteiger partial charge < -0.3 is 20.5 Å². The molecule has 1 N–H and O–H groups in total. The van der Waals surface area contributed by atoms with E-state index in [1.54, 1.807) is 0 Å². The summed E-state index contributed by atoms with van der Waals surface area (Å²) < 4.78 is 0. The zero-order chi connectivity index (χ0) is 3.58. The Morgan fingerprint density at radius 2 is 1.29 bits per heavy atom. The van der Waals surface area contributed by atoms with E-state index in [2.05, 4.69) is 0 Å². The van der Waals surface area contributed by atoms with Crippen LogP contribution in [0.4, 0.5) is 4.79 Å². The zero-order valence-electron chi connectivity index (χ0n) is 3.33. The number of hydrogen-bond acceptors (Lipinski definition) is 4. The van der Waals surface area contributed by atoms with Gasteiger partial charge in [-0.25, -0.2) is 0 Å². The van der Waals surface area contributed by atoms with Crippen LogP contribution in [-0.4, -0.2) is 60.9 Å². The Kier molecular flexibility index (Phi) is 55.9. The first-order valence-corrected chi connectivity index (χ1v) is 0.612. The van der Waals surface area contributed by atoms with E-state index in [0.29, 0.717) is 0 Å². The molecule has 0 amide bonds. The van der Waals surface area contributed by atoms with Crippen molar-refractivity contribution in [1.29, 1.82) is 0 Å². The van der Waals surface area contributed by atoms with E-state index in [4.69, 9.17) is 15.0 Å². The van der Waals surface area contributed by atoms with Crippen LogP contribution >= 0.6 is 0 Å². The summed E-state index contributed by atoms with van der Waals surface area (Å²) in [5, 5.41) is 16.7. The number of rotatable bonds is 0. The molecule has 7 heavy (non-hydrogen) atoms. The summed E-state index contributed by atoms with van der Waals surface area (Å²) in [6, 6.07) is 0. The normalized spacial score (nSPS) is 3.43. The fraction of sp³-hybridized carbons (Fsp3) is 0. The molecular formula is CHBiMgO4+2. The summed E-state index contributed by atoms with van der Waals surface area (Å²) in [6.45, 7) is 0. The molecule has 0 aromatic carbocycles. The Bertz CT molecular complexity index is 34.7. The van der Waals surface area contributed by atoms with Gasteiger partial charge in [0.1, 0.15) is 0 Å². The zero-order valence-corrected chi connectivity index (χ0v) is 8.22. The molecule has 6 heteroatoms. The standard InChI is InChI=1S/CH2O3.Bi.Mg.H2O/c2-1(3)4;;;/h(H2,2,3,4);;;1H2/q;+3;+2;/p-3. The second kappa shape index (κ2) is 15.8. The molecule has 0 atom stereocenters. The summed E-state index contributed by atoms with van der Waals surface area (Å²) in [6.07, 6.45) is -2.33. The van der Waals surface area contributed by atoms with Crippen LogP contribution in [0.3, 0.4) is 0 Å². The molecule has 0 saturated carbocycles. The smallest absolute Gasteiger partial charge is 0.870 e. The van der Waals surface area contributed by atoms with Gasteiger partial charge in [-0.05, 0) is 6.16 Å². The van der Waals surface area contributed by atoms with Gasteiger partial charge >= 0.3 is 49.3 Å². The molecule has 2 radical (unpaired) electrons. The number of hydrogen-bond donors (Lipinski definition) is 0.